The Hall–Kier alpha value is -1.86. The molecule has 0 spiro atoms. The highest BCUT2D eigenvalue weighted by atomic mass is 32.2. The number of aliphatic hydroxyl groups is 1. The summed E-state index contributed by atoms with van der Waals surface area (Å²) in [6.07, 6.45) is 0. The lowest BCUT2D eigenvalue weighted by atomic mass is 10.1. The Morgan fingerprint density at radius 3 is 2.81 bits per heavy atom. The second kappa shape index (κ2) is 4.85. The van der Waals surface area contributed by atoms with Crippen LogP contribution in [0.2, 0.25) is 0 Å². The average molecular weight is 304 g/mol. The van der Waals surface area contributed by atoms with Gasteiger partial charge in [-0.05, 0) is 19.9 Å². The van der Waals surface area contributed by atoms with Crippen LogP contribution in [0.25, 0.3) is 0 Å². The van der Waals surface area contributed by atoms with Gasteiger partial charge in [0.25, 0.3) is 0 Å². The number of nitrogens with zero attached hydrogens (tertiary/aromatic N) is 3. The van der Waals surface area contributed by atoms with E-state index in [2.05, 4.69) is 15.5 Å². The van der Waals surface area contributed by atoms with Crippen molar-refractivity contribution in [3.05, 3.63) is 29.8 Å². The zero-order valence-corrected chi connectivity index (χ0v) is 12.8. The predicted molar refractivity (Wildman–Crippen MR) is 84.2 cm³/mol. The van der Waals surface area contributed by atoms with Crippen molar-refractivity contribution in [3.8, 4) is 0 Å². The minimum Gasteiger partial charge on any atom is -0.363 e. The second-order valence-corrected chi connectivity index (χ2v) is 6.26. The molecule has 2 aliphatic heterocycles. The molecule has 0 radical (unpaired) electrons. The number of amides is 1. The van der Waals surface area contributed by atoms with E-state index in [9.17, 15) is 9.90 Å². The van der Waals surface area contributed by atoms with Crippen molar-refractivity contribution in [3.63, 3.8) is 0 Å². The first-order chi connectivity index (χ1) is 9.93. The van der Waals surface area contributed by atoms with Crippen molar-refractivity contribution in [2.75, 3.05) is 4.90 Å². The number of para-hydroxylation sites is 1. The number of carbonyl (C=O) groups excluding carboxylic acids is 1. The maximum Gasteiger partial charge on any atom is 0.225 e. The molecule has 21 heavy (non-hydrogen) atoms. The van der Waals surface area contributed by atoms with Crippen molar-refractivity contribution in [2.24, 2.45) is 10.1 Å². The van der Waals surface area contributed by atoms with Gasteiger partial charge in [-0.15, -0.1) is 0 Å². The monoisotopic (exact) mass is 304 g/mol. The second-order valence-electron chi connectivity index (χ2n) is 5.19. The molecule has 0 bridgehead atoms. The number of carbonyl (C=O) groups is 1. The van der Waals surface area contributed by atoms with Gasteiger partial charge in [0.05, 0.1) is 5.69 Å². The van der Waals surface area contributed by atoms with Crippen LogP contribution in [-0.2, 0) is 10.5 Å². The number of anilines is 1. The number of rotatable bonds is 1. The van der Waals surface area contributed by atoms with Crippen LogP contribution in [-0.4, -0.2) is 27.3 Å². The van der Waals surface area contributed by atoms with Crippen molar-refractivity contribution in [1.82, 2.24) is 5.43 Å². The Labute approximate surface area is 126 Å². The number of amidine groups is 1. The van der Waals surface area contributed by atoms with E-state index in [4.69, 9.17) is 0 Å². The fraction of sp³-hybridized carbons (Fsp3) is 0.357. The summed E-state index contributed by atoms with van der Waals surface area (Å²) >= 11 is 1.30. The number of benzene rings is 1. The number of hydrazone groups is 1. The topological polar surface area (TPSA) is 77.3 Å². The smallest absolute Gasteiger partial charge is 0.225 e. The first kappa shape index (κ1) is 14.1. The molecular weight excluding hydrogens is 288 g/mol. The van der Waals surface area contributed by atoms with Crippen LogP contribution in [0.15, 0.2) is 34.4 Å². The van der Waals surface area contributed by atoms with E-state index in [1.165, 1.54) is 18.7 Å². The first-order valence-electron chi connectivity index (χ1n) is 6.58. The van der Waals surface area contributed by atoms with Crippen LogP contribution >= 0.6 is 11.8 Å². The number of hydrogen-bond donors (Lipinski definition) is 2. The van der Waals surface area contributed by atoms with Crippen molar-refractivity contribution in [2.45, 2.75) is 31.9 Å². The Kier molecular flexibility index (Phi) is 3.26. The number of fused-ring (bicyclic) bond motifs is 3. The minimum atomic E-state index is -1.42. The molecule has 7 heteroatoms. The molecule has 110 valence electrons. The Morgan fingerprint density at radius 1 is 1.43 bits per heavy atom. The fourth-order valence-electron chi connectivity index (χ4n) is 2.52. The van der Waals surface area contributed by atoms with Crippen molar-refractivity contribution >= 4 is 34.2 Å². The molecule has 2 N–H and O–H groups in total. The van der Waals surface area contributed by atoms with Gasteiger partial charge in [0.15, 0.2) is 5.17 Å². The molecule has 2 aliphatic rings. The van der Waals surface area contributed by atoms with E-state index in [0.717, 1.165) is 5.71 Å². The molecule has 0 aromatic heterocycles. The van der Waals surface area contributed by atoms with Gasteiger partial charge in [-0.1, -0.05) is 30.0 Å². The predicted octanol–water partition coefficient (Wildman–Crippen LogP) is 1.61. The van der Waals surface area contributed by atoms with Crippen LogP contribution in [0, 0.1) is 0 Å². The van der Waals surface area contributed by atoms with Gasteiger partial charge in [0.1, 0.15) is 5.37 Å². The summed E-state index contributed by atoms with van der Waals surface area (Å²) < 4.78 is 0. The van der Waals surface area contributed by atoms with Gasteiger partial charge in [0, 0.05) is 18.2 Å². The third-order valence-corrected chi connectivity index (χ3v) is 4.52. The highest BCUT2D eigenvalue weighted by molar-refractivity contribution is 8.14. The Morgan fingerprint density at radius 2 is 2.14 bits per heavy atom. The Balaban J connectivity index is 2.03. The summed E-state index contributed by atoms with van der Waals surface area (Å²) in [6.45, 7) is 5.21. The summed E-state index contributed by atoms with van der Waals surface area (Å²) in [5.41, 5.74) is 3.61. The quantitative estimate of drug-likeness (QED) is 0.610. The van der Waals surface area contributed by atoms with Crippen LogP contribution in [0.3, 0.4) is 0 Å². The zero-order chi connectivity index (χ0) is 15.2. The Bertz CT molecular complexity index is 669. The molecular formula is C14H16N4O2S. The van der Waals surface area contributed by atoms with E-state index >= 15 is 0 Å². The molecule has 1 amide bonds. The molecule has 0 saturated heterocycles. The molecule has 0 fully saturated rings. The zero-order valence-electron chi connectivity index (χ0n) is 12.0. The first-order valence-corrected chi connectivity index (χ1v) is 7.46. The molecule has 0 unspecified atom stereocenters. The van der Waals surface area contributed by atoms with Crippen LogP contribution in [0.5, 0.6) is 0 Å². The number of aliphatic imine (C=N–C) groups is 1. The summed E-state index contributed by atoms with van der Waals surface area (Å²) in [6, 6.07) is 7.30. The molecule has 1 aromatic rings. The van der Waals surface area contributed by atoms with E-state index < -0.39 is 11.1 Å². The molecule has 3 rings (SSSR count). The highest BCUT2D eigenvalue weighted by Crippen LogP contribution is 2.52. The number of thioether (sulfide) groups is 1. The van der Waals surface area contributed by atoms with Crippen molar-refractivity contribution < 1.29 is 9.90 Å². The van der Waals surface area contributed by atoms with Crippen molar-refractivity contribution in [1.29, 1.82) is 0 Å². The third kappa shape index (κ3) is 2.13. The molecule has 0 aliphatic carbocycles. The van der Waals surface area contributed by atoms with Crippen LogP contribution in [0.4, 0.5) is 5.69 Å². The van der Waals surface area contributed by atoms with Gasteiger partial charge in [-0.25, -0.2) is 4.99 Å². The van der Waals surface area contributed by atoms with Gasteiger partial charge in [0.2, 0.25) is 11.6 Å². The van der Waals surface area contributed by atoms with Crippen LogP contribution < -0.4 is 10.3 Å². The van der Waals surface area contributed by atoms with E-state index in [-0.39, 0.29) is 5.91 Å². The summed E-state index contributed by atoms with van der Waals surface area (Å²) in [7, 11) is 0. The largest absolute Gasteiger partial charge is 0.363 e. The molecule has 1 aromatic carbocycles. The summed E-state index contributed by atoms with van der Waals surface area (Å²) in [5, 5.41) is 15.0. The number of nitrogens with one attached hydrogen (secondary N) is 1. The van der Waals surface area contributed by atoms with Gasteiger partial charge < -0.3 is 5.11 Å². The maximum absolute atomic E-state index is 12.0. The van der Waals surface area contributed by atoms with Gasteiger partial charge >= 0.3 is 0 Å². The number of hydrogen-bond acceptors (Lipinski definition) is 6. The molecule has 2 heterocycles. The maximum atomic E-state index is 12.0. The fourth-order valence-corrected chi connectivity index (χ4v) is 3.73. The van der Waals surface area contributed by atoms with Crippen LogP contribution in [0.1, 0.15) is 26.3 Å². The van der Waals surface area contributed by atoms with Gasteiger partial charge in [-0.3, -0.25) is 15.1 Å². The summed E-state index contributed by atoms with van der Waals surface area (Å²) in [4.78, 5) is 17.9. The van der Waals surface area contributed by atoms with Gasteiger partial charge in [-0.2, -0.15) is 5.10 Å². The molecule has 2 atom stereocenters. The normalized spacial score (nSPS) is 26.0. The minimum absolute atomic E-state index is 0.123. The van der Waals surface area contributed by atoms with E-state index in [0.29, 0.717) is 16.4 Å². The highest BCUT2D eigenvalue weighted by Gasteiger charge is 2.56. The molecule has 0 saturated carbocycles. The summed E-state index contributed by atoms with van der Waals surface area (Å²) in [5.74, 6) is -0.123. The SMILES string of the molecule is CC(=O)N1c2ccccc2[C@]2(O)N=C(NN=C(C)C)S[C@H]12. The van der Waals surface area contributed by atoms with E-state index in [1.54, 1.807) is 11.0 Å². The lowest BCUT2D eigenvalue weighted by Gasteiger charge is -2.24. The average Bonchev–Trinajstić information content (AvgIpc) is 2.86. The third-order valence-electron chi connectivity index (χ3n) is 3.35. The lowest BCUT2D eigenvalue weighted by Crippen LogP contribution is -2.41. The van der Waals surface area contributed by atoms with E-state index in [1.807, 2.05) is 32.0 Å². The molecule has 6 nitrogen and oxygen atoms in total. The lowest BCUT2D eigenvalue weighted by molar-refractivity contribution is -0.117. The standard InChI is InChI=1S/C14H16N4O2S/c1-8(2)16-17-13-15-14(20)10-6-4-5-7-11(10)18(9(3)19)12(14)21-13/h4-7,12,20H,1-3H3,(H,15,17)/t12-,14+/m0/s1.